The Bertz CT molecular complexity index is 345. The van der Waals surface area contributed by atoms with E-state index in [1.807, 2.05) is 19.2 Å². The molecule has 0 unspecified atom stereocenters. The van der Waals surface area contributed by atoms with Gasteiger partial charge in [0.1, 0.15) is 12.4 Å². The molecule has 0 bridgehead atoms. The van der Waals surface area contributed by atoms with E-state index < -0.39 is 0 Å². The molecule has 1 aromatic carbocycles. The maximum absolute atomic E-state index is 5.79. The molecule has 0 aliphatic carbocycles. The summed E-state index contributed by atoms with van der Waals surface area (Å²) in [5, 5.41) is 3.14. The maximum atomic E-state index is 5.79. The molecule has 3 nitrogen and oxygen atoms in total. The van der Waals surface area contributed by atoms with Gasteiger partial charge >= 0.3 is 0 Å². The Morgan fingerprint density at radius 2 is 2.06 bits per heavy atom. The minimum absolute atomic E-state index is 0.586. The average molecular weight is 316 g/mol. The topological polar surface area (TPSA) is 30.5 Å². The normalized spacial score (nSPS) is 10.6. The van der Waals surface area contributed by atoms with Crippen LogP contribution in [-0.2, 0) is 11.3 Å². The quantitative estimate of drug-likeness (QED) is 0.709. The highest BCUT2D eigenvalue weighted by Crippen LogP contribution is 2.28. The average Bonchev–Trinajstić information content (AvgIpc) is 2.36. The highest BCUT2D eigenvalue weighted by atomic mass is 79.9. The summed E-state index contributed by atoms with van der Waals surface area (Å²) in [4.78, 5) is 0. The van der Waals surface area contributed by atoms with E-state index >= 15 is 0 Å². The van der Waals surface area contributed by atoms with Crippen molar-refractivity contribution in [3.63, 3.8) is 0 Å². The second-order valence-corrected chi connectivity index (χ2v) is 4.93. The largest absolute Gasteiger partial charge is 0.490 e. The zero-order chi connectivity index (χ0) is 13.2. The second-order valence-electron chi connectivity index (χ2n) is 4.07. The molecule has 0 aliphatic rings. The molecule has 0 aromatic heterocycles. The monoisotopic (exact) mass is 315 g/mol. The Kier molecular flexibility index (Phi) is 8.05. The summed E-state index contributed by atoms with van der Waals surface area (Å²) < 4.78 is 12.3. The van der Waals surface area contributed by atoms with Crippen LogP contribution in [0.15, 0.2) is 22.7 Å². The Morgan fingerprint density at radius 3 is 2.78 bits per heavy atom. The summed E-state index contributed by atoms with van der Waals surface area (Å²) in [6, 6.07) is 6.07. The van der Waals surface area contributed by atoms with Crippen LogP contribution < -0.4 is 10.1 Å². The van der Waals surface area contributed by atoms with Crippen molar-refractivity contribution in [3.05, 3.63) is 28.2 Å². The van der Waals surface area contributed by atoms with Crippen molar-refractivity contribution in [3.8, 4) is 5.75 Å². The lowest BCUT2D eigenvalue weighted by Gasteiger charge is -2.13. The van der Waals surface area contributed by atoms with Crippen molar-refractivity contribution in [2.24, 2.45) is 0 Å². The van der Waals surface area contributed by atoms with Crippen LogP contribution in [0.25, 0.3) is 0 Å². The first-order valence-corrected chi connectivity index (χ1v) is 7.21. The first kappa shape index (κ1) is 15.5. The Balaban J connectivity index is 2.40. The number of hydrogen-bond acceptors (Lipinski definition) is 3. The third kappa shape index (κ3) is 5.38. The van der Waals surface area contributed by atoms with Gasteiger partial charge in [-0.3, -0.25) is 0 Å². The summed E-state index contributed by atoms with van der Waals surface area (Å²) in [6.07, 6.45) is 2.28. The van der Waals surface area contributed by atoms with Gasteiger partial charge in [-0.2, -0.15) is 0 Å². The van der Waals surface area contributed by atoms with Crippen molar-refractivity contribution in [1.82, 2.24) is 5.32 Å². The molecule has 0 atom stereocenters. The molecule has 1 aromatic rings. The lowest BCUT2D eigenvalue weighted by molar-refractivity contribution is 0.0974. The summed E-state index contributed by atoms with van der Waals surface area (Å²) >= 11 is 3.52. The molecule has 0 amide bonds. The third-order valence-electron chi connectivity index (χ3n) is 2.53. The minimum atomic E-state index is 0.586. The highest BCUT2D eigenvalue weighted by Gasteiger charge is 2.07. The molecule has 18 heavy (non-hydrogen) atoms. The highest BCUT2D eigenvalue weighted by molar-refractivity contribution is 9.10. The van der Waals surface area contributed by atoms with Gasteiger partial charge in [-0.1, -0.05) is 25.5 Å². The minimum Gasteiger partial charge on any atom is -0.490 e. The zero-order valence-electron chi connectivity index (χ0n) is 11.2. The van der Waals surface area contributed by atoms with Crippen LogP contribution in [0.4, 0.5) is 0 Å². The Morgan fingerprint density at radius 1 is 1.22 bits per heavy atom. The van der Waals surface area contributed by atoms with Crippen LogP contribution in [0.3, 0.4) is 0 Å². The van der Waals surface area contributed by atoms with Crippen LogP contribution in [0.2, 0.25) is 0 Å². The fourth-order valence-corrected chi connectivity index (χ4v) is 2.12. The predicted octanol–water partition coefficient (Wildman–Crippen LogP) is 3.36. The Hall–Kier alpha value is -0.580. The van der Waals surface area contributed by atoms with Gasteiger partial charge in [0.2, 0.25) is 0 Å². The number of hydrogen-bond donors (Lipinski definition) is 1. The number of halogens is 1. The first-order valence-electron chi connectivity index (χ1n) is 6.42. The molecule has 0 saturated heterocycles. The van der Waals surface area contributed by atoms with Crippen molar-refractivity contribution in [1.29, 1.82) is 0 Å². The molecule has 1 N–H and O–H groups in total. The maximum Gasteiger partial charge on any atom is 0.138 e. The van der Waals surface area contributed by atoms with E-state index in [-0.39, 0.29) is 0 Å². The van der Waals surface area contributed by atoms with E-state index in [2.05, 4.69) is 34.2 Å². The van der Waals surface area contributed by atoms with Crippen molar-refractivity contribution >= 4 is 15.9 Å². The van der Waals surface area contributed by atoms with Crippen molar-refractivity contribution < 1.29 is 9.47 Å². The number of para-hydroxylation sites is 1. The number of unbranched alkanes of at least 4 members (excludes halogenated alkanes) is 1. The number of benzene rings is 1. The molecule has 0 heterocycles. The summed E-state index contributed by atoms with van der Waals surface area (Å²) in [6.45, 7) is 5.00. The van der Waals surface area contributed by atoms with Crippen LogP contribution in [0, 0.1) is 0 Å². The van der Waals surface area contributed by atoms with E-state index in [1.165, 1.54) is 0 Å². The molecule has 0 fully saturated rings. The Labute approximate surface area is 118 Å². The SMILES string of the molecule is CCCCOCCOc1c(Br)cccc1CNC. The van der Waals surface area contributed by atoms with Gasteiger partial charge < -0.3 is 14.8 Å². The van der Waals surface area contributed by atoms with Gasteiger partial charge in [0.15, 0.2) is 0 Å². The van der Waals surface area contributed by atoms with Gasteiger partial charge in [-0.15, -0.1) is 0 Å². The van der Waals surface area contributed by atoms with Crippen LogP contribution in [0.1, 0.15) is 25.3 Å². The molecular formula is C14H22BrNO2. The second kappa shape index (κ2) is 9.36. The molecule has 0 aliphatic heterocycles. The molecule has 0 radical (unpaired) electrons. The number of rotatable bonds is 9. The molecule has 1 rings (SSSR count). The molecular weight excluding hydrogens is 294 g/mol. The van der Waals surface area contributed by atoms with Crippen LogP contribution >= 0.6 is 15.9 Å². The van der Waals surface area contributed by atoms with Crippen LogP contribution in [-0.4, -0.2) is 26.9 Å². The molecule has 0 spiro atoms. The fourth-order valence-electron chi connectivity index (χ4n) is 1.60. The lowest BCUT2D eigenvalue weighted by Crippen LogP contribution is -2.11. The van der Waals surface area contributed by atoms with Gasteiger partial charge in [0, 0.05) is 18.7 Å². The molecule has 4 heteroatoms. The van der Waals surface area contributed by atoms with E-state index in [0.717, 1.165) is 41.8 Å². The van der Waals surface area contributed by atoms with E-state index in [9.17, 15) is 0 Å². The van der Waals surface area contributed by atoms with E-state index in [0.29, 0.717) is 13.2 Å². The fraction of sp³-hybridized carbons (Fsp3) is 0.571. The van der Waals surface area contributed by atoms with Gasteiger partial charge in [-0.05, 0) is 35.5 Å². The third-order valence-corrected chi connectivity index (χ3v) is 3.16. The lowest BCUT2D eigenvalue weighted by atomic mass is 10.2. The van der Waals surface area contributed by atoms with E-state index in [4.69, 9.17) is 9.47 Å². The molecule has 102 valence electrons. The smallest absolute Gasteiger partial charge is 0.138 e. The van der Waals surface area contributed by atoms with Gasteiger partial charge in [-0.25, -0.2) is 0 Å². The van der Waals surface area contributed by atoms with E-state index in [1.54, 1.807) is 0 Å². The predicted molar refractivity (Wildman–Crippen MR) is 78.1 cm³/mol. The standard InChI is InChI=1S/C14H22BrNO2/c1-3-4-8-17-9-10-18-14-12(11-16-2)6-5-7-13(14)15/h5-7,16H,3-4,8-11H2,1-2H3. The van der Waals surface area contributed by atoms with Crippen molar-refractivity contribution in [2.75, 3.05) is 26.9 Å². The summed E-state index contributed by atoms with van der Waals surface area (Å²) in [7, 11) is 1.93. The van der Waals surface area contributed by atoms with Crippen LogP contribution in [0.5, 0.6) is 5.75 Å². The summed E-state index contributed by atoms with van der Waals surface area (Å²) in [5.41, 5.74) is 1.15. The first-order chi connectivity index (χ1) is 8.79. The van der Waals surface area contributed by atoms with Crippen molar-refractivity contribution in [2.45, 2.75) is 26.3 Å². The zero-order valence-corrected chi connectivity index (χ0v) is 12.8. The molecule has 0 saturated carbocycles. The number of ether oxygens (including phenoxy) is 2. The number of nitrogens with one attached hydrogen (secondary N) is 1. The van der Waals surface area contributed by atoms with Gasteiger partial charge in [0.05, 0.1) is 11.1 Å². The van der Waals surface area contributed by atoms with Gasteiger partial charge in [0.25, 0.3) is 0 Å². The summed E-state index contributed by atoms with van der Waals surface area (Å²) in [5.74, 6) is 0.908.